The van der Waals surface area contributed by atoms with E-state index in [0.29, 0.717) is 30.6 Å². The van der Waals surface area contributed by atoms with E-state index in [0.717, 1.165) is 47.5 Å². The Kier molecular flexibility index (Phi) is 7.65. The van der Waals surface area contributed by atoms with E-state index in [1.807, 2.05) is 25.3 Å². The van der Waals surface area contributed by atoms with Gasteiger partial charge in [-0.05, 0) is 48.7 Å². The molecule has 1 fully saturated rings. The Morgan fingerprint density at radius 1 is 1.18 bits per heavy atom. The fraction of sp³-hybridized carbons (Fsp3) is 0.276. The lowest BCUT2D eigenvalue weighted by Crippen LogP contribution is -2.15. The van der Waals surface area contributed by atoms with E-state index in [2.05, 4.69) is 15.4 Å². The van der Waals surface area contributed by atoms with Gasteiger partial charge in [0.15, 0.2) is 0 Å². The first kappa shape index (κ1) is 26.4. The molecule has 7 nitrogen and oxygen atoms in total. The van der Waals surface area contributed by atoms with E-state index >= 15 is 0 Å². The molecule has 2 aromatic heterocycles. The predicted molar refractivity (Wildman–Crippen MR) is 140 cm³/mol. The molecule has 0 spiro atoms. The zero-order chi connectivity index (χ0) is 27.4. The second kappa shape index (κ2) is 11.3. The van der Waals surface area contributed by atoms with Gasteiger partial charge in [-0.25, -0.2) is 4.68 Å². The SMILES string of the molecule is Cc1ccc(NC(=O)Cc2cccc(C(F)(F)F)c2)cc1-n1cc(-c2cnccc2OCC2CCOC2)cn1. The number of aryl methyl sites for hydroxylation is 1. The number of hydrogen-bond acceptors (Lipinski definition) is 5. The average Bonchev–Trinajstić information content (AvgIpc) is 3.61. The predicted octanol–water partition coefficient (Wildman–Crippen LogP) is 5.86. The van der Waals surface area contributed by atoms with Crippen molar-refractivity contribution in [2.75, 3.05) is 25.1 Å². The van der Waals surface area contributed by atoms with Crippen LogP contribution in [0.15, 0.2) is 73.3 Å². The number of alkyl halides is 3. The lowest BCUT2D eigenvalue weighted by Gasteiger charge is -2.13. The van der Waals surface area contributed by atoms with E-state index in [9.17, 15) is 18.0 Å². The summed E-state index contributed by atoms with van der Waals surface area (Å²) in [6.07, 6.45) is 3.33. The number of hydrogen-bond donors (Lipinski definition) is 1. The van der Waals surface area contributed by atoms with Gasteiger partial charge in [0.25, 0.3) is 0 Å². The third-order valence-electron chi connectivity index (χ3n) is 6.53. The number of carbonyl (C=O) groups is 1. The minimum atomic E-state index is -4.46. The summed E-state index contributed by atoms with van der Waals surface area (Å²) in [4.78, 5) is 16.9. The van der Waals surface area contributed by atoms with Gasteiger partial charge < -0.3 is 14.8 Å². The number of carbonyl (C=O) groups excluding carboxylic acids is 1. The van der Waals surface area contributed by atoms with Gasteiger partial charge in [0.1, 0.15) is 5.75 Å². The Morgan fingerprint density at radius 3 is 2.85 bits per heavy atom. The zero-order valence-corrected chi connectivity index (χ0v) is 21.2. The second-order valence-electron chi connectivity index (χ2n) is 9.51. The molecule has 4 aromatic rings. The molecule has 10 heteroatoms. The quantitative estimate of drug-likeness (QED) is 0.305. The topological polar surface area (TPSA) is 78.3 Å². The van der Waals surface area contributed by atoms with Crippen LogP contribution < -0.4 is 10.1 Å². The van der Waals surface area contributed by atoms with Crippen molar-refractivity contribution in [3.05, 3.63) is 90.0 Å². The van der Waals surface area contributed by atoms with Crippen LogP contribution in [-0.4, -0.2) is 40.5 Å². The highest BCUT2D eigenvalue weighted by molar-refractivity contribution is 5.92. The van der Waals surface area contributed by atoms with E-state index < -0.39 is 17.6 Å². The summed E-state index contributed by atoms with van der Waals surface area (Å²) in [5, 5.41) is 7.29. The molecule has 2 aromatic carbocycles. The van der Waals surface area contributed by atoms with Gasteiger partial charge >= 0.3 is 6.18 Å². The molecule has 1 unspecified atom stereocenters. The first-order valence-electron chi connectivity index (χ1n) is 12.5. The zero-order valence-electron chi connectivity index (χ0n) is 21.2. The van der Waals surface area contributed by atoms with Crippen LogP contribution in [0.5, 0.6) is 5.75 Å². The normalized spacial score (nSPS) is 15.3. The second-order valence-corrected chi connectivity index (χ2v) is 9.51. The molecule has 1 aliphatic rings. The summed E-state index contributed by atoms with van der Waals surface area (Å²) in [7, 11) is 0. The fourth-order valence-corrected chi connectivity index (χ4v) is 4.42. The van der Waals surface area contributed by atoms with Gasteiger partial charge in [-0.1, -0.05) is 24.3 Å². The highest BCUT2D eigenvalue weighted by Crippen LogP contribution is 2.31. The molecule has 0 saturated carbocycles. The maximum atomic E-state index is 13.0. The number of nitrogens with zero attached hydrogens (tertiary/aromatic N) is 3. The Hall–Kier alpha value is -4.18. The fourth-order valence-electron chi connectivity index (χ4n) is 4.42. The largest absolute Gasteiger partial charge is 0.492 e. The van der Waals surface area contributed by atoms with E-state index in [1.165, 1.54) is 12.1 Å². The highest BCUT2D eigenvalue weighted by atomic mass is 19.4. The summed E-state index contributed by atoms with van der Waals surface area (Å²) in [5.74, 6) is 0.654. The summed E-state index contributed by atoms with van der Waals surface area (Å²) in [5.41, 5.74) is 3.30. The van der Waals surface area contributed by atoms with E-state index in [4.69, 9.17) is 9.47 Å². The third kappa shape index (κ3) is 6.46. The van der Waals surface area contributed by atoms with E-state index in [-0.39, 0.29) is 12.0 Å². The number of pyridine rings is 1. The van der Waals surface area contributed by atoms with Crippen molar-refractivity contribution >= 4 is 11.6 Å². The third-order valence-corrected chi connectivity index (χ3v) is 6.53. The molecule has 1 N–H and O–H groups in total. The lowest BCUT2D eigenvalue weighted by atomic mass is 10.1. The van der Waals surface area contributed by atoms with Gasteiger partial charge in [-0.3, -0.25) is 9.78 Å². The minimum Gasteiger partial charge on any atom is -0.492 e. The lowest BCUT2D eigenvalue weighted by molar-refractivity contribution is -0.137. The number of anilines is 1. The summed E-state index contributed by atoms with van der Waals surface area (Å²) in [6, 6.07) is 12.0. The summed E-state index contributed by atoms with van der Waals surface area (Å²) < 4.78 is 52.2. The highest BCUT2D eigenvalue weighted by Gasteiger charge is 2.30. The van der Waals surface area contributed by atoms with Crippen LogP contribution in [0.1, 0.15) is 23.1 Å². The molecule has 0 aliphatic carbocycles. The summed E-state index contributed by atoms with van der Waals surface area (Å²) in [6.45, 7) is 3.94. The molecular weight excluding hydrogens is 509 g/mol. The molecule has 202 valence electrons. The number of halogens is 3. The van der Waals surface area contributed by atoms with Crippen LogP contribution in [0.3, 0.4) is 0 Å². The van der Waals surface area contributed by atoms with Gasteiger partial charge in [0, 0.05) is 47.9 Å². The number of rotatable bonds is 8. The van der Waals surface area contributed by atoms with E-state index in [1.54, 1.807) is 35.4 Å². The van der Waals surface area contributed by atoms with Gasteiger partial charge in [0.05, 0.1) is 37.1 Å². The van der Waals surface area contributed by atoms with Gasteiger partial charge in [0.2, 0.25) is 5.91 Å². The molecule has 0 bridgehead atoms. The maximum Gasteiger partial charge on any atom is 0.416 e. The maximum absolute atomic E-state index is 13.0. The molecule has 1 amide bonds. The number of benzene rings is 2. The van der Waals surface area contributed by atoms with Crippen LogP contribution in [0.25, 0.3) is 16.8 Å². The number of ether oxygens (including phenoxy) is 2. The molecular formula is C29H27F3N4O3. The molecule has 1 aliphatic heterocycles. The van der Waals surface area contributed by atoms with Crippen molar-refractivity contribution in [3.63, 3.8) is 0 Å². The Morgan fingerprint density at radius 2 is 2.05 bits per heavy atom. The van der Waals surface area contributed by atoms with Crippen molar-refractivity contribution in [1.29, 1.82) is 0 Å². The standard InChI is InChI=1S/C29H27F3N4O3/c1-19-5-6-24(35-28(37)12-20-3-2-4-23(11-20)29(30,31)32)13-26(19)36-16-22(14-34-36)25-15-33-9-7-27(25)39-18-21-8-10-38-17-21/h2-7,9,11,13-16,21H,8,10,12,17-18H2,1H3,(H,35,37). The Labute approximate surface area is 223 Å². The number of nitrogens with one attached hydrogen (secondary N) is 1. The summed E-state index contributed by atoms with van der Waals surface area (Å²) >= 11 is 0. The first-order valence-corrected chi connectivity index (χ1v) is 12.5. The molecule has 1 saturated heterocycles. The minimum absolute atomic E-state index is 0.185. The Bertz CT molecular complexity index is 1460. The monoisotopic (exact) mass is 536 g/mol. The average molecular weight is 537 g/mol. The van der Waals surface area contributed by atoms with Crippen molar-refractivity contribution in [2.24, 2.45) is 5.92 Å². The van der Waals surface area contributed by atoms with Crippen molar-refractivity contribution in [1.82, 2.24) is 14.8 Å². The van der Waals surface area contributed by atoms with Gasteiger partial charge in [-0.2, -0.15) is 18.3 Å². The van der Waals surface area contributed by atoms with Crippen LogP contribution >= 0.6 is 0 Å². The number of aromatic nitrogens is 3. The van der Waals surface area contributed by atoms with Crippen LogP contribution in [0, 0.1) is 12.8 Å². The molecule has 1 atom stereocenters. The molecule has 3 heterocycles. The number of amides is 1. The van der Waals surface area contributed by atoms with Crippen molar-refractivity contribution < 1.29 is 27.4 Å². The molecule has 39 heavy (non-hydrogen) atoms. The van der Waals surface area contributed by atoms with Crippen molar-refractivity contribution in [3.8, 4) is 22.6 Å². The van der Waals surface area contributed by atoms with Gasteiger partial charge in [-0.15, -0.1) is 0 Å². The van der Waals surface area contributed by atoms with Crippen LogP contribution in [-0.2, 0) is 22.1 Å². The first-order chi connectivity index (χ1) is 18.8. The Balaban J connectivity index is 1.30. The van der Waals surface area contributed by atoms with Crippen LogP contribution in [0.4, 0.5) is 18.9 Å². The molecule has 5 rings (SSSR count). The van der Waals surface area contributed by atoms with Crippen LogP contribution in [0.2, 0.25) is 0 Å². The molecule has 0 radical (unpaired) electrons. The smallest absolute Gasteiger partial charge is 0.416 e. The van der Waals surface area contributed by atoms with Crippen molar-refractivity contribution in [2.45, 2.75) is 25.9 Å².